The first-order valence-corrected chi connectivity index (χ1v) is 5.99. The standard InChI is InChI=1S/C13H21NO2/c1-3-4-5-6-7-8-9-10-12-11(2)16-13(15)14-12/h3-6,11-12H,7-10H2,1-2H3,(H,14,15)/b4-3-,6-5-. The third-order valence-corrected chi connectivity index (χ3v) is 2.74. The second-order valence-corrected chi connectivity index (χ2v) is 4.10. The number of nitrogens with one attached hydrogen (secondary N) is 1. The van der Waals surface area contributed by atoms with Crippen LogP contribution in [0, 0.1) is 0 Å². The van der Waals surface area contributed by atoms with Crippen LogP contribution in [0.25, 0.3) is 0 Å². The summed E-state index contributed by atoms with van der Waals surface area (Å²) in [5.74, 6) is 0. The molecule has 0 aromatic heterocycles. The van der Waals surface area contributed by atoms with Crippen LogP contribution in [-0.4, -0.2) is 18.2 Å². The second-order valence-electron chi connectivity index (χ2n) is 4.10. The van der Waals surface area contributed by atoms with Gasteiger partial charge in [-0.25, -0.2) is 4.79 Å². The van der Waals surface area contributed by atoms with E-state index in [1.807, 2.05) is 26.0 Å². The molecule has 0 aliphatic carbocycles. The van der Waals surface area contributed by atoms with E-state index in [-0.39, 0.29) is 18.2 Å². The lowest BCUT2D eigenvalue weighted by molar-refractivity contribution is 0.140. The van der Waals surface area contributed by atoms with E-state index >= 15 is 0 Å². The van der Waals surface area contributed by atoms with Crippen LogP contribution < -0.4 is 5.32 Å². The number of ether oxygens (including phenoxy) is 1. The molecule has 1 fully saturated rings. The number of rotatable bonds is 6. The zero-order chi connectivity index (χ0) is 11.8. The Balaban J connectivity index is 2.05. The predicted octanol–water partition coefficient (Wildman–Crippen LogP) is 3.18. The van der Waals surface area contributed by atoms with E-state index in [1.165, 1.54) is 0 Å². The van der Waals surface area contributed by atoms with Gasteiger partial charge in [0.2, 0.25) is 0 Å². The average Bonchev–Trinajstić information content (AvgIpc) is 2.56. The maximum absolute atomic E-state index is 10.9. The number of cyclic esters (lactones) is 1. The average molecular weight is 223 g/mol. The maximum atomic E-state index is 10.9. The van der Waals surface area contributed by atoms with Gasteiger partial charge in [-0.1, -0.05) is 30.7 Å². The Kier molecular flexibility index (Phi) is 5.68. The number of allylic oxidation sites excluding steroid dienone is 4. The molecule has 0 aromatic carbocycles. The highest BCUT2D eigenvalue weighted by molar-refractivity contribution is 5.70. The van der Waals surface area contributed by atoms with Gasteiger partial charge in [0, 0.05) is 0 Å². The number of hydrogen-bond acceptors (Lipinski definition) is 2. The highest BCUT2D eigenvalue weighted by Crippen LogP contribution is 2.14. The van der Waals surface area contributed by atoms with Crippen LogP contribution in [0.4, 0.5) is 4.79 Å². The molecule has 3 heteroatoms. The molecule has 16 heavy (non-hydrogen) atoms. The van der Waals surface area contributed by atoms with Crippen LogP contribution in [0.1, 0.15) is 39.5 Å². The zero-order valence-electron chi connectivity index (χ0n) is 10.1. The molecule has 1 aliphatic rings. The van der Waals surface area contributed by atoms with Crippen LogP contribution in [0.2, 0.25) is 0 Å². The third-order valence-electron chi connectivity index (χ3n) is 2.74. The summed E-state index contributed by atoms with van der Waals surface area (Å²) in [7, 11) is 0. The number of amides is 1. The largest absolute Gasteiger partial charge is 0.444 e. The first kappa shape index (κ1) is 12.8. The van der Waals surface area contributed by atoms with E-state index < -0.39 is 0 Å². The molecule has 1 rings (SSSR count). The summed E-state index contributed by atoms with van der Waals surface area (Å²) in [6.07, 6.45) is 12.4. The van der Waals surface area contributed by atoms with Crippen molar-refractivity contribution >= 4 is 6.09 Å². The lowest BCUT2D eigenvalue weighted by Crippen LogP contribution is -2.29. The number of hydrogen-bond donors (Lipinski definition) is 1. The molecule has 0 aromatic rings. The summed E-state index contributed by atoms with van der Waals surface area (Å²) in [4.78, 5) is 10.9. The molecule has 1 saturated heterocycles. The fourth-order valence-electron chi connectivity index (χ4n) is 1.77. The van der Waals surface area contributed by atoms with Crippen molar-refractivity contribution in [2.75, 3.05) is 0 Å². The predicted molar refractivity (Wildman–Crippen MR) is 65.3 cm³/mol. The first-order chi connectivity index (χ1) is 7.74. The van der Waals surface area contributed by atoms with Crippen molar-refractivity contribution in [1.82, 2.24) is 5.32 Å². The van der Waals surface area contributed by atoms with Crippen molar-refractivity contribution < 1.29 is 9.53 Å². The highest BCUT2D eigenvalue weighted by atomic mass is 16.6. The normalized spacial score (nSPS) is 25.2. The van der Waals surface area contributed by atoms with Crippen molar-refractivity contribution in [1.29, 1.82) is 0 Å². The van der Waals surface area contributed by atoms with Crippen LogP contribution in [0.5, 0.6) is 0 Å². The molecule has 2 atom stereocenters. The van der Waals surface area contributed by atoms with Crippen molar-refractivity contribution in [2.24, 2.45) is 0 Å². The van der Waals surface area contributed by atoms with Gasteiger partial charge in [-0.15, -0.1) is 0 Å². The van der Waals surface area contributed by atoms with Crippen molar-refractivity contribution in [3.05, 3.63) is 24.3 Å². The van der Waals surface area contributed by atoms with Gasteiger partial charge in [0.15, 0.2) is 0 Å². The Bertz CT molecular complexity index is 271. The fourth-order valence-corrected chi connectivity index (χ4v) is 1.77. The second kappa shape index (κ2) is 7.09. The molecule has 3 nitrogen and oxygen atoms in total. The van der Waals surface area contributed by atoms with E-state index in [0.717, 1.165) is 25.7 Å². The van der Waals surface area contributed by atoms with E-state index in [0.29, 0.717) is 0 Å². The number of carbonyl (C=O) groups is 1. The minimum absolute atomic E-state index is 0.0195. The Morgan fingerprint density at radius 1 is 1.38 bits per heavy atom. The van der Waals surface area contributed by atoms with E-state index in [1.54, 1.807) is 0 Å². The van der Waals surface area contributed by atoms with Crippen LogP contribution in [0.3, 0.4) is 0 Å². The molecule has 90 valence electrons. The van der Waals surface area contributed by atoms with Gasteiger partial charge in [0.1, 0.15) is 6.10 Å². The number of carbonyl (C=O) groups excluding carboxylic acids is 1. The van der Waals surface area contributed by atoms with Gasteiger partial charge in [-0.05, 0) is 33.1 Å². The monoisotopic (exact) mass is 223 g/mol. The van der Waals surface area contributed by atoms with Gasteiger partial charge < -0.3 is 10.1 Å². The van der Waals surface area contributed by atoms with Gasteiger partial charge in [0.05, 0.1) is 6.04 Å². The molecule has 0 spiro atoms. The molecule has 0 saturated carbocycles. The molecular weight excluding hydrogens is 202 g/mol. The summed E-state index contributed by atoms with van der Waals surface area (Å²) in [5.41, 5.74) is 0. The summed E-state index contributed by atoms with van der Waals surface area (Å²) in [6, 6.07) is 0.201. The Morgan fingerprint density at radius 3 is 2.81 bits per heavy atom. The minimum Gasteiger partial charge on any atom is -0.444 e. The van der Waals surface area contributed by atoms with Gasteiger partial charge in [-0.2, -0.15) is 0 Å². The maximum Gasteiger partial charge on any atom is 0.407 e. The highest BCUT2D eigenvalue weighted by Gasteiger charge is 2.29. The number of alkyl carbamates (subject to hydrolysis) is 1. The lowest BCUT2D eigenvalue weighted by atomic mass is 10.0. The summed E-state index contributed by atoms with van der Waals surface area (Å²) in [6.45, 7) is 3.95. The third kappa shape index (κ3) is 4.51. The summed E-state index contributed by atoms with van der Waals surface area (Å²) in [5, 5.41) is 2.82. The molecule has 0 bridgehead atoms. The topological polar surface area (TPSA) is 38.3 Å². The molecule has 0 radical (unpaired) electrons. The molecule has 1 N–H and O–H groups in total. The van der Waals surface area contributed by atoms with Crippen molar-refractivity contribution in [3.8, 4) is 0 Å². The molecule has 1 aliphatic heterocycles. The Labute approximate surface area is 97.6 Å². The van der Waals surface area contributed by atoms with Crippen molar-refractivity contribution in [2.45, 2.75) is 51.7 Å². The van der Waals surface area contributed by atoms with Gasteiger partial charge in [0.25, 0.3) is 0 Å². The van der Waals surface area contributed by atoms with E-state index in [2.05, 4.69) is 17.5 Å². The minimum atomic E-state index is -0.273. The Morgan fingerprint density at radius 2 is 2.19 bits per heavy atom. The smallest absolute Gasteiger partial charge is 0.407 e. The van der Waals surface area contributed by atoms with Crippen LogP contribution in [0.15, 0.2) is 24.3 Å². The molecule has 2 unspecified atom stereocenters. The number of unbranched alkanes of at least 4 members (excludes halogenated alkanes) is 2. The van der Waals surface area contributed by atoms with E-state index in [4.69, 9.17) is 4.74 Å². The van der Waals surface area contributed by atoms with Crippen LogP contribution >= 0.6 is 0 Å². The molecular formula is C13H21NO2. The summed E-state index contributed by atoms with van der Waals surface area (Å²) >= 11 is 0. The molecule has 1 amide bonds. The van der Waals surface area contributed by atoms with Gasteiger partial charge >= 0.3 is 6.09 Å². The van der Waals surface area contributed by atoms with Crippen LogP contribution in [-0.2, 0) is 4.74 Å². The zero-order valence-corrected chi connectivity index (χ0v) is 10.1. The first-order valence-electron chi connectivity index (χ1n) is 5.99. The lowest BCUT2D eigenvalue weighted by Gasteiger charge is -2.11. The SMILES string of the molecule is C/C=C\C=C/CCCCC1NC(=O)OC1C. The quantitative estimate of drug-likeness (QED) is 0.555. The summed E-state index contributed by atoms with van der Waals surface area (Å²) < 4.78 is 5.01. The Hall–Kier alpha value is -1.25. The van der Waals surface area contributed by atoms with Gasteiger partial charge in [-0.3, -0.25) is 0 Å². The molecule has 1 heterocycles. The fraction of sp³-hybridized carbons (Fsp3) is 0.615. The van der Waals surface area contributed by atoms with Crippen molar-refractivity contribution in [3.63, 3.8) is 0 Å². The van der Waals surface area contributed by atoms with E-state index in [9.17, 15) is 4.79 Å².